The topological polar surface area (TPSA) is 72.5 Å². The summed E-state index contributed by atoms with van der Waals surface area (Å²) in [6, 6.07) is 6.14. The summed E-state index contributed by atoms with van der Waals surface area (Å²) in [6.07, 6.45) is 1.62. The average Bonchev–Trinajstić information content (AvgIpc) is 2.18. The minimum absolute atomic E-state index is 0.0921. The molecule has 0 spiro atoms. The van der Waals surface area contributed by atoms with E-state index in [1.807, 2.05) is 0 Å². The number of nitrogens with zero attached hydrogens (tertiary/aromatic N) is 1. The van der Waals surface area contributed by atoms with Crippen molar-refractivity contribution < 1.29 is 8.42 Å². The van der Waals surface area contributed by atoms with Crippen LogP contribution in [0.4, 0.5) is 0 Å². The second kappa shape index (κ2) is 5.11. The van der Waals surface area contributed by atoms with Crippen LogP contribution >= 0.6 is 12.2 Å². The van der Waals surface area contributed by atoms with Gasteiger partial charge in [0, 0.05) is 11.6 Å². The highest BCUT2D eigenvalue weighted by molar-refractivity contribution is 7.89. The number of thiocarbonyl (C=S) groups is 1. The van der Waals surface area contributed by atoms with Crippen LogP contribution in [0.2, 0.25) is 0 Å². The molecule has 1 aromatic rings. The van der Waals surface area contributed by atoms with Crippen LogP contribution in [0.5, 0.6) is 0 Å². The molecule has 80 valence electrons. The third-order valence-corrected chi connectivity index (χ3v) is 2.71. The van der Waals surface area contributed by atoms with Crippen LogP contribution in [0.15, 0.2) is 34.2 Å². The number of benzene rings is 1. The molecule has 0 saturated carbocycles. The molecule has 0 bridgehead atoms. The zero-order valence-corrected chi connectivity index (χ0v) is 9.46. The SMILES string of the molecule is NS(=O)(=O)c1ccc(C=NCC=S)cc1. The second-order valence-corrected chi connectivity index (χ2v) is 4.67. The zero-order valence-electron chi connectivity index (χ0n) is 7.83. The van der Waals surface area contributed by atoms with E-state index in [-0.39, 0.29) is 4.90 Å². The van der Waals surface area contributed by atoms with Gasteiger partial charge in [0.1, 0.15) is 0 Å². The predicted molar refractivity (Wildman–Crippen MR) is 63.9 cm³/mol. The molecule has 4 nitrogen and oxygen atoms in total. The Hall–Kier alpha value is -1.11. The van der Waals surface area contributed by atoms with Crippen LogP contribution in [0.25, 0.3) is 0 Å². The Morgan fingerprint density at radius 1 is 1.33 bits per heavy atom. The van der Waals surface area contributed by atoms with Crippen molar-refractivity contribution in [1.82, 2.24) is 0 Å². The smallest absolute Gasteiger partial charge is 0.238 e. The predicted octanol–water partition coefficient (Wildman–Crippen LogP) is 0.753. The van der Waals surface area contributed by atoms with Gasteiger partial charge in [0.05, 0.1) is 11.4 Å². The van der Waals surface area contributed by atoms with Crippen molar-refractivity contribution in [1.29, 1.82) is 0 Å². The normalized spacial score (nSPS) is 11.8. The summed E-state index contributed by atoms with van der Waals surface area (Å²) in [4.78, 5) is 4.08. The third-order valence-electron chi connectivity index (χ3n) is 1.63. The van der Waals surface area contributed by atoms with Gasteiger partial charge in [-0.05, 0) is 17.7 Å². The van der Waals surface area contributed by atoms with Crippen molar-refractivity contribution >= 4 is 33.8 Å². The van der Waals surface area contributed by atoms with E-state index in [4.69, 9.17) is 5.14 Å². The van der Waals surface area contributed by atoms with Crippen molar-refractivity contribution in [2.45, 2.75) is 4.90 Å². The lowest BCUT2D eigenvalue weighted by atomic mass is 10.2. The van der Waals surface area contributed by atoms with Crippen LogP contribution in [0, 0.1) is 0 Å². The summed E-state index contributed by atoms with van der Waals surface area (Å²) in [6.45, 7) is 0.465. The third kappa shape index (κ3) is 3.86. The molecular weight excluding hydrogens is 232 g/mol. The molecule has 0 unspecified atom stereocenters. The molecule has 1 rings (SSSR count). The highest BCUT2D eigenvalue weighted by Gasteiger charge is 2.05. The number of primary sulfonamides is 1. The molecule has 0 heterocycles. The number of aliphatic imine (C=N–C) groups is 1. The molecule has 0 saturated heterocycles. The van der Waals surface area contributed by atoms with Gasteiger partial charge in [-0.2, -0.15) is 0 Å². The maximum Gasteiger partial charge on any atom is 0.238 e. The van der Waals surface area contributed by atoms with Crippen molar-refractivity contribution in [3.05, 3.63) is 29.8 Å². The van der Waals surface area contributed by atoms with Crippen LogP contribution in [-0.4, -0.2) is 26.5 Å². The second-order valence-electron chi connectivity index (χ2n) is 2.77. The quantitative estimate of drug-likeness (QED) is 0.625. The lowest BCUT2D eigenvalue weighted by molar-refractivity contribution is 0.598. The Balaban J connectivity index is 2.86. The van der Waals surface area contributed by atoms with E-state index in [0.717, 1.165) is 5.56 Å². The minimum atomic E-state index is -3.61. The number of rotatable bonds is 4. The first kappa shape index (κ1) is 12.0. The minimum Gasteiger partial charge on any atom is -0.288 e. The van der Waals surface area contributed by atoms with E-state index in [1.54, 1.807) is 18.3 Å². The van der Waals surface area contributed by atoms with E-state index in [2.05, 4.69) is 17.2 Å². The fraction of sp³-hybridized carbons (Fsp3) is 0.111. The average molecular weight is 242 g/mol. The maximum atomic E-state index is 10.9. The van der Waals surface area contributed by atoms with Crippen LogP contribution < -0.4 is 5.14 Å². The van der Waals surface area contributed by atoms with Crippen molar-refractivity contribution in [3.63, 3.8) is 0 Å². The van der Waals surface area contributed by atoms with E-state index >= 15 is 0 Å². The molecule has 6 heteroatoms. The molecule has 2 N–H and O–H groups in total. The van der Waals surface area contributed by atoms with E-state index < -0.39 is 10.0 Å². The summed E-state index contributed by atoms with van der Waals surface area (Å²) in [5, 5.41) is 6.46. The van der Waals surface area contributed by atoms with Gasteiger partial charge in [0.15, 0.2) is 0 Å². The van der Waals surface area contributed by atoms with Gasteiger partial charge in [0.25, 0.3) is 0 Å². The molecule has 0 atom stereocenters. The first-order valence-electron chi connectivity index (χ1n) is 4.10. The van der Waals surface area contributed by atoms with Crippen LogP contribution in [-0.2, 0) is 10.0 Å². The van der Waals surface area contributed by atoms with Gasteiger partial charge in [-0.25, -0.2) is 13.6 Å². The Morgan fingerprint density at radius 3 is 2.40 bits per heavy atom. The number of nitrogens with two attached hydrogens (primary N) is 1. The highest BCUT2D eigenvalue weighted by Crippen LogP contribution is 2.07. The standard InChI is InChI=1S/C9H10N2O2S2/c10-15(12,13)9-3-1-8(2-4-9)7-11-5-6-14/h1-4,6-7H,5H2,(H2,10,12,13). The lowest BCUT2D eigenvalue weighted by Gasteiger charge is -1.97. The van der Waals surface area contributed by atoms with Crippen LogP contribution in [0.1, 0.15) is 5.56 Å². The molecule has 0 aliphatic rings. The molecular formula is C9H10N2O2S2. The van der Waals surface area contributed by atoms with Crippen molar-refractivity contribution in [2.75, 3.05) is 6.54 Å². The molecule has 15 heavy (non-hydrogen) atoms. The summed E-state index contributed by atoms with van der Waals surface area (Å²) in [7, 11) is -3.61. The maximum absolute atomic E-state index is 10.9. The van der Waals surface area contributed by atoms with Gasteiger partial charge in [-0.1, -0.05) is 24.4 Å². The van der Waals surface area contributed by atoms with E-state index in [0.29, 0.717) is 6.54 Å². The Morgan fingerprint density at radius 2 is 1.93 bits per heavy atom. The fourth-order valence-electron chi connectivity index (χ4n) is 0.945. The number of hydrogen-bond donors (Lipinski definition) is 1. The molecule has 0 aliphatic heterocycles. The monoisotopic (exact) mass is 242 g/mol. The Labute approximate surface area is 93.9 Å². The first-order valence-corrected chi connectivity index (χ1v) is 6.12. The van der Waals surface area contributed by atoms with Gasteiger partial charge in [-0.15, -0.1) is 0 Å². The Bertz CT molecular complexity index is 463. The summed E-state index contributed by atoms with van der Waals surface area (Å²) in [5.41, 5.74) is 0.805. The molecule has 0 aromatic heterocycles. The Kier molecular flexibility index (Phi) is 4.07. The molecule has 0 radical (unpaired) electrons. The van der Waals surface area contributed by atoms with E-state index in [1.165, 1.54) is 17.5 Å². The molecule has 0 amide bonds. The van der Waals surface area contributed by atoms with E-state index in [9.17, 15) is 8.42 Å². The summed E-state index contributed by atoms with van der Waals surface area (Å²) < 4.78 is 21.9. The zero-order chi connectivity index (χ0) is 11.3. The largest absolute Gasteiger partial charge is 0.288 e. The lowest BCUT2D eigenvalue weighted by Crippen LogP contribution is -2.11. The number of hydrogen-bond acceptors (Lipinski definition) is 4. The molecule has 0 aliphatic carbocycles. The fourth-order valence-corrected chi connectivity index (χ4v) is 1.55. The first-order chi connectivity index (χ1) is 7.04. The molecule has 0 fully saturated rings. The summed E-state index contributed by atoms with van der Waals surface area (Å²) in [5.74, 6) is 0. The highest BCUT2D eigenvalue weighted by atomic mass is 32.2. The molecule has 1 aromatic carbocycles. The van der Waals surface area contributed by atoms with Gasteiger partial charge < -0.3 is 0 Å². The van der Waals surface area contributed by atoms with Crippen molar-refractivity contribution in [2.24, 2.45) is 10.1 Å². The van der Waals surface area contributed by atoms with Gasteiger partial charge >= 0.3 is 0 Å². The van der Waals surface area contributed by atoms with Crippen LogP contribution in [0.3, 0.4) is 0 Å². The summed E-state index contributed by atoms with van der Waals surface area (Å²) >= 11 is 4.60. The van der Waals surface area contributed by atoms with Gasteiger partial charge in [0.2, 0.25) is 10.0 Å². The van der Waals surface area contributed by atoms with Gasteiger partial charge in [-0.3, -0.25) is 4.99 Å². The van der Waals surface area contributed by atoms with Crippen molar-refractivity contribution in [3.8, 4) is 0 Å². The number of sulfonamides is 1.